The molecule has 144 valence electrons. The van der Waals surface area contributed by atoms with Gasteiger partial charge in [0.15, 0.2) is 0 Å². The maximum Gasteiger partial charge on any atom is 0.241 e. The van der Waals surface area contributed by atoms with E-state index in [2.05, 4.69) is 16.7 Å². The Hall–Kier alpha value is -3.33. The molecular weight excluding hydrogens is 352 g/mol. The zero-order chi connectivity index (χ0) is 19.8. The van der Waals surface area contributed by atoms with Gasteiger partial charge in [0.05, 0.1) is 18.2 Å². The molecule has 6 nitrogen and oxygen atoms in total. The van der Waals surface area contributed by atoms with Crippen molar-refractivity contribution < 1.29 is 9.59 Å². The third-order valence-corrected chi connectivity index (χ3v) is 4.99. The lowest BCUT2D eigenvalue weighted by molar-refractivity contribution is -0.134. The molecule has 1 aliphatic heterocycles. The third-order valence-electron chi connectivity index (χ3n) is 4.99. The van der Waals surface area contributed by atoms with Crippen LogP contribution in [0.3, 0.4) is 0 Å². The quantitative estimate of drug-likeness (QED) is 0.811. The minimum Gasteiger partial charge on any atom is -0.376 e. The number of piperidine rings is 1. The molecule has 2 N–H and O–H groups in total. The van der Waals surface area contributed by atoms with Gasteiger partial charge in [-0.25, -0.2) is 0 Å². The van der Waals surface area contributed by atoms with E-state index in [4.69, 9.17) is 5.26 Å². The van der Waals surface area contributed by atoms with E-state index in [1.807, 2.05) is 30.3 Å². The van der Waals surface area contributed by atoms with Crippen molar-refractivity contribution in [1.82, 2.24) is 10.2 Å². The summed E-state index contributed by atoms with van der Waals surface area (Å²) in [5.74, 6) is 0.0402. The number of rotatable bonds is 6. The Morgan fingerprint density at radius 1 is 1.04 bits per heavy atom. The Kier molecular flexibility index (Phi) is 6.64. The fourth-order valence-corrected chi connectivity index (χ4v) is 3.27. The Balaban J connectivity index is 1.39. The van der Waals surface area contributed by atoms with Crippen molar-refractivity contribution in [1.29, 1.82) is 5.26 Å². The van der Waals surface area contributed by atoms with Gasteiger partial charge in [-0.15, -0.1) is 0 Å². The first kappa shape index (κ1) is 19.4. The van der Waals surface area contributed by atoms with E-state index in [1.54, 1.807) is 29.2 Å². The predicted molar refractivity (Wildman–Crippen MR) is 107 cm³/mol. The number of hydrogen-bond donors (Lipinski definition) is 2. The van der Waals surface area contributed by atoms with Crippen molar-refractivity contribution in [3.8, 4) is 6.07 Å². The molecule has 0 bridgehead atoms. The summed E-state index contributed by atoms with van der Waals surface area (Å²) in [6, 6.07) is 18.9. The topological polar surface area (TPSA) is 85.2 Å². The van der Waals surface area contributed by atoms with Crippen LogP contribution in [-0.4, -0.2) is 36.3 Å². The molecule has 2 amide bonds. The van der Waals surface area contributed by atoms with Crippen molar-refractivity contribution >= 4 is 17.5 Å². The molecule has 0 atom stereocenters. The highest BCUT2D eigenvalue weighted by molar-refractivity contribution is 5.82. The smallest absolute Gasteiger partial charge is 0.241 e. The molecule has 1 saturated heterocycles. The number of anilines is 1. The SMILES string of the molecule is N#Cc1ccc(NCC(=O)N2CCC(C(=O)NCc3ccccc3)CC2)cc1. The summed E-state index contributed by atoms with van der Waals surface area (Å²) in [7, 11) is 0. The lowest BCUT2D eigenvalue weighted by Gasteiger charge is -2.31. The van der Waals surface area contributed by atoms with Crippen molar-refractivity contribution in [2.24, 2.45) is 5.92 Å². The van der Waals surface area contributed by atoms with Crippen molar-refractivity contribution in [2.75, 3.05) is 25.0 Å². The van der Waals surface area contributed by atoms with Crippen molar-refractivity contribution in [3.63, 3.8) is 0 Å². The Bertz CT molecular complexity index is 835. The number of benzene rings is 2. The zero-order valence-electron chi connectivity index (χ0n) is 15.7. The lowest BCUT2D eigenvalue weighted by atomic mass is 9.95. The Morgan fingerprint density at radius 3 is 2.36 bits per heavy atom. The van der Waals surface area contributed by atoms with Gasteiger partial charge in [0.2, 0.25) is 11.8 Å². The molecule has 1 heterocycles. The molecule has 2 aromatic carbocycles. The molecule has 6 heteroatoms. The lowest BCUT2D eigenvalue weighted by Crippen LogP contribution is -2.44. The molecule has 28 heavy (non-hydrogen) atoms. The number of carbonyl (C=O) groups excluding carboxylic acids is 2. The van der Waals surface area contributed by atoms with Crippen molar-refractivity contribution in [3.05, 3.63) is 65.7 Å². The fourth-order valence-electron chi connectivity index (χ4n) is 3.27. The molecule has 0 aliphatic carbocycles. The molecular formula is C22H24N4O2. The Morgan fingerprint density at radius 2 is 1.71 bits per heavy atom. The van der Waals surface area contributed by atoms with Crippen LogP contribution >= 0.6 is 0 Å². The largest absolute Gasteiger partial charge is 0.376 e. The van der Waals surface area contributed by atoms with Crippen LogP contribution in [-0.2, 0) is 16.1 Å². The standard InChI is InChI=1S/C22H24N4O2/c23-14-17-6-8-20(9-7-17)24-16-21(27)26-12-10-19(11-13-26)22(28)25-15-18-4-2-1-3-5-18/h1-9,19,24H,10-13,15-16H2,(H,25,28). The fraction of sp³-hybridized carbons (Fsp3) is 0.318. The van der Waals surface area contributed by atoms with Gasteiger partial charge in [0.25, 0.3) is 0 Å². The van der Waals surface area contributed by atoms with Gasteiger partial charge < -0.3 is 15.5 Å². The van der Waals surface area contributed by atoms with Gasteiger partial charge >= 0.3 is 0 Å². The number of hydrogen-bond acceptors (Lipinski definition) is 4. The highest BCUT2D eigenvalue weighted by Crippen LogP contribution is 2.18. The monoisotopic (exact) mass is 376 g/mol. The van der Waals surface area contributed by atoms with Crippen LogP contribution in [0.4, 0.5) is 5.69 Å². The van der Waals surface area contributed by atoms with E-state index >= 15 is 0 Å². The van der Waals surface area contributed by atoms with Gasteiger partial charge in [0.1, 0.15) is 0 Å². The summed E-state index contributed by atoms with van der Waals surface area (Å²) in [6.45, 7) is 1.93. The first-order chi connectivity index (χ1) is 13.7. The van der Waals surface area contributed by atoms with Gasteiger partial charge in [0, 0.05) is 31.2 Å². The van der Waals surface area contributed by atoms with E-state index in [9.17, 15) is 9.59 Å². The predicted octanol–water partition coefficient (Wildman–Crippen LogP) is 2.53. The highest BCUT2D eigenvalue weighted by Gasteiger charge is 2.26. The summed E-state index contributed by atoms with van der Waals surface area (Å²) < 4.78 is 0. The van der Waals surface area contributed by atoms with Crippen molar-refractivity contribution in [2.45, 2.75) is 19.4 Å². The van der Waals surface area contributed by atoms with E-state index in [0.29, 0.717) is 38.0 Å². The van der Waals surface area contributed by atoms with Gasteiger partial charge in [-0.3, -0.25) is 9.59 Å². The number of amides is 2. The molecule has 1 fully saturated rings. The number of carbonyl (C=O) groups is 2. The second kappa shape index (κ2) is 9.56. The van der Waals surface area contributed by atoms with Crippen LogP contribution in [0.25, 0.3) is 0 Å². The van der Waals surface area contributed by atoms with Crippen LogP contribution in [0, 0.1) is 17.2 Å². The van der Waals surface area contributed by atoms with E-state index < -0.39 is 0 Å². The molecule has 2 aromatic rings. The van der Waals surface area contributed by atoms with Crippen LogP contribution < -0.4 is 10.6 Å². The minimum absolute atomic E-state index is 0.0208. The summed E-state index contributed by atoms with van der Waals surface area (Å²) in [5.41, 5.74) is 2.48. The van der Waals surface area contributed by atoms with Gasteiger partial charge in [-0.2, -0.15) is 5.26 Å². The number of likely N-dealkylation sites (tertiary alicyclic amines) is 1. The summed E-state index contributed by atoms with van der Waals surface area (Å²) >= 11 is 0. The number of nitriles is 1. The molecule has 0 unspecified atom stereocenters. The maximum absolute atomic E-state index is 12.4. The summed E-state index contributed by atoms with van der Waals surface area (Å²) in [6.07, 6.45) is 1.37. The van der Waals surface area contributed by atoms with E-state index in [1.165, 1.54) is 0 Å². The molecule has 0 spiro atoms. The van der Waals surface area contributed by atoms with Crippen LogP contribution in [0.15, 0.2) is 54.6 Å². The average molecular weight is 376 g/mol. The second-order valence-electron chi connectivity index (χ2n) is 6.90. The minimum atomic E-state index is -0.0424. The summed E-state index contributed by atoms with van der Waals surface area (Å²) in [5, 5.41) is 14.9. The zero-order valence-corrected chi connectivity index (χ0v) is 15.7. The average Bonchev–Trinajstić information content (AvgIpc) is 2.77. The van der Waals surface area contributed by atoms with Gasteiger partial charge in [-0.05, 0) is 42.7 Å². The maximum atomic E-state index is 12.4. The van der Waals surface area contributed by atoms with Crippen LogP contribution in [0.1, 0.15) is 24.0 Å². The number of nitrogens with one attached hydrogen (secondary N) is 2. The van der Waals surface area contributed by atoms with E-state index in [0.717, 1.165) is 11.3 Å². The normalized spacial score (nSPS) is 14.2. The molecule has 0 radical (unpaired) electrons. The molecule has 1 aliphatic rings. The molecule has 3 rings (SSSR count). The molecule has 0 saturated carbocycles. The summed E-state index contributed by atoms with van der Waals surface area (Å²) in [4.78, 5) is 26.6. The highest BCUT2D eigenvalue weighted by atomic mass is 16.2. The van der Waals surface area contributed by atoms with Gasteiger partial charge in [-0.1, -0.05) is 30.3 Å². The van der Waals surface area contributed by atoms with E-state index in [-0.39, 0.29) is 24.3 Å². The third kappa shape index (κ3) is 5.34. The Labute approximate surface area is 165 Å². The molecule has 0 aromatic heterocycles. The number of nitrogens with zero attached hydrogens (tertiary/aromatic N) is 2. The first-order valence-corrected chi connectivity index (χ1v) is 9.49. The van der Waals surface area contributed by atoms with Crippen LogP contribution in [0.5, 0.6) is 0 Å². The second-order valence-corrected chi connectivity index (χ2v) is 6.90. The first-order valence-electron chi connectivity index (χ1n) is 9.49. The van der Waals surface area contributed by atoms with Crippen LogP contribution in [0.2, 0.25) is 0 Å².